The zero-order valence-electron chi connectivity index (χ0n) is 12.3. The summed E-state index contributed by atoms with van der Waals surface area (Å²) < 4.78 is 0. The number of benzene rings is 2. The highest BCUT2D eigenvalue weighted by molar-refractivity contribution is 7.99. The number of hydrogen-bond acceptors (Lipinski definition) is 2. The van der Waals surface area contributed by atoms with Gasteiger partial charge in [0.1, 0.15) is 5.75 Å². The lowest BCUT2D eigenvalue weighted by Crippen LogP contribution is -3.09. The Morgan fingerprint density at radius 3 is 2.25 bits per heavy atom. The second-order valence-corrected chi connectivity index (χ2v) is 6.44. The zero-order valence-corrected chi connectivity index (χ0v) is 13.1. The molecule has 0 aliphatic carbocycles. The van der Waals surface area contributed by atoms with Crippen LogP contribution in [0.1, 0.15) is 12.5 Å². The minimum atomic E-state index is 0.346. The van der Waals surface area contributed by atoms with Crippen LogP contribution in [0.4, 0.5) is 0 Å². The van der Waals surface area contributed by atoms with Gasteiger partial charge in [0.15, 0.2) is 0 Å². The van der Waals surface area contributed by atoms with Crippen LogP contribution in [0.2, 0.25) is 0 Å². The van der Waals surface area contributed by atoms with Gasteiger partial charge in [0.2, 0.25) is 0 Å². The number of likely N-dealkylation sites (N-methyl/N-ethyl adjacent to an activating group) is 1. The van der Waals surface area contributed by atoms with E-state index in [9.17, 15) is 5.11 Å². The highest BCUT2D eigenvalue weighted by Crippen LogP contribution is 2.35. The molecule has 0 fully saturated rings. The van der Waals surface area contributed by atoms with E-state index in [1.807, 2.05) is 18.2 Å². The third kappa shape index (κ3) is 3.78. The van der Waals surface area contributed by atoms with Gasteiger partial charge in [0.25, 0.3) is 0 Å². The summed E-state index contributed by atoms with van der Waals surface area (Å²) in [6.45, 7) is 2.26. The van der Waals surface area contributed by atoms with Crippen LogP contribution < -0.4 is 4.90 Å². The summed E-state index contributed by atoms with van der Waals surface area (Å²) in [5, 5.41) is 9.91. The highest BCUT2D eigenvalue weighted by atomic mass is 32.2. The molecular formula is C17H22NOS+. The molecule has 2 aromatic carbocycles. The van der Waals surface area contributed by atoms with Crippen molar-refractivity contribution in [2.75, 3.05) is 14.1 Å². The van der Waals surface area contributed by atoms with Crippen molar-refractivity contribution in [2.24, 2.45) is 0 Å². The molecule has 0 amide bonds. The first-order chi connectivity index (χ1) is 9.58. The minimum absolute atomic E-state index is 0.346. The van der Waals surface area contributed by atoms with E-state index >= 15 is 0 Å². The van der Waals surface area contributed by atoms with Gasteiger partial charge in [-0.2, -0.15) is 0 Å². The fraction of sp³-hybridized carbons (Fsp3) is 0.294. The van der Waals surface area contributed by atoms with Gasteiger partial charge in [0, 0.05) is 11.3 Å². The van der Waals surface area contributed by atoms with Crippen LogP contribution in [0.3, 0.4) is 0 Å². The second kappa shape index (κ2) is 6.82. The molecule has 0 radical (unpaired) electrons. The molecule has 20 heavy (non-hydrogen) atoms. The zero-order chi connectivity index (χ0) is 14.5. The molecule has 0 bridgehead atoms. The number of quaternary nitrogens is 1. The molecule has 0 saturated carbocycles. The maximum absolute atomic E-state index is 9.91. The van der Waals surface area contributed by atoms with Gasteiger partial charge in [-0.3, -0.25) is 0 Å². The molecular weight excluding hydrogens is 266 g/mol. The topological polar surface area (TPSA) is 24.7 Å². The molecule has 2 aromatic rings. The number of nitrogens with one attached hydrogen (secondary N) is 1. The van der Waals surface area contributed by atoms with Crippen LogP contribution >= 0.6 is 11.8 Å². The van der Waals surface area contributed by atoms with Crippen molar-refractivity contribution in [2.45, 2.75) is 29.2 Å². The Kier molecular flexibility index (Phi) is 5.10. The molecule has 106 valence electrons. The fourth-order valence-corrected chi connectivity index (χ4v) is 2.95. The molecule has 0 aromatic heterocycles. The standard InChI is InChI=1S/C17H21NOS/c1-13(18(2)3)12-14-8-4-6-10-16(14)20-17-11-7-5-9-15(17)19/h4-11,13,19H,12H2,1-3H3/p+1/t13-/m1/s1. The molecule has 0 spiro atoms. The van der Waals surface area contributed by atoms with Gasteiger partial charge >= 0.3 is 0 Å². The molecule has 3 heteroatoms. The first-order valence-electron chi connectivity index (χ1n) is 6.91. The third-order valence-electron chi connectivity index (χ3n) is 3.57. The van der Waals surface area contributed by atoms with Crippen molar-refractivity contribution in [1.82, 2.24) is 0 Å². The number of rotatable bonds is 5. The van der Waals surface area contributed by atoms with E-state index in [4.69, 9.17) is 0 Å². The fourth-order valence-electron chi connectivity index (χ4n) is 1.97. The lowest BCUT2D eigenvalue weighted by molar-refractivity contribution is -0.883. The minimum Gasteiger partial charge on any atom is -0.507 e. The normalized spacial score (nSPS) is 12.6. The average Bonchev–Trinajstić information content (AvgIpc) is 2.43. The number of para-hydroxylation sites is 1. The van der Waals surface area contributed by atoms with Crippen LogP contribution in [-0.4, -0.2) is 25.2 Å². The molecule has 0 unspecified atom stereocenters. The number of aromatic hydroxyl groups is 1. The molecule has 2 rings (SSSR count). The third-order valence-corrected chi connectivity index (χ3v) is 4.75. The van der Waals surface area contributed by atoms with E-state index in [0.29, 0.717) is 11.8 Å². The highest BCUT2D eigenvalue weighted by Gasteiger charge is 2.13. The summed E-state index contributed by atoms with van der Waals surface area (Å²) in [5.74, 6) is 0.346. The lowest BCUT2D eigenvalue weighted by atomic mass is 10.1. The van der Waals surface area contributed by atoms with E-state index in [1.54, 1.807) is 17.8 Å². The first kappa shape index (κ1) is 14.9. The quantitative estimate of drug-likeness (QED) is 0.884. The molecule has 0 aliphatic rings. The summed E-state index contributed by atoms with van der Waals surface area (Å²) in [5.41, 5.74) is 1.34. The van der Waals surface area contributed by atoms with Gasteiger partial charge in [-0.25, -0.2) is 0 Å². The Morgan fingerprint density at radius 2 is 1.60 bits per heavy atom. The SMILES string of the molecule is C[C@H](Cc1ccccc1Sc1ccccc1O)[NH+](C)C. The molecule has 1 atom stereocenters. The summed E-state index contributed by atoms with van der Waals surface area (Å²) >= 11 is 1.64. The Balaban J connectivity index is 2.22. The van der Waals surface area contributed by atoms with Crippen molar-refractivity contribution < 1.29 is 10.0 Å². The predicted octanol–water partition coefficient (Wildman–Crippen LogP) is 2.62. The van der Waals surface area contributed by atoms with E-state index in [0.717, 1.165) is 11.3 Å². The number of hydrogen-bond donors (Lipinski definition) is 2. The van der Waals surface area contributed by atoms with E-state index in [1.165, 1.54) is 15.4 Å². The van der Waals surface area contributed by atoms with Gasteiger partial charge in [-0.1, -0.05) is 42.1 Å². The maximum atomic E-state index is 9.91. The maximum Gasteiger partial charge on any atom is 0.129 e. The van der Waals surface area contributed by atoms with E-state index in [2.05, 4.69) is 45.3 Å². The monoisotopic (exact) mass is 288 g/mol. The average molecular weight is 288 g/mol. The second-order valence-electron chi connectivity index (χ2n) is 5.36. The Bertz CT molecular complexity index is 568. The Labute approximate surface area is 125 Å². The van der Waals surface area contributed by atoms with Gasteiger partial charge in [0.05, 0.1) is 25.0 Å². The summed E-state index contributed by atoms with van der Waals surface area (Å²) in [7, 11) is 4.37. The smallest absolute Gasteiger partial charge is 0.129 e. The van der Waals surface area contributed by atoms with E-state index < -0.39 is 0 Å². The Morgan fingerprint density at radius 1 is 1.00 bits per heavy atom. The van der Waals surface area contributed by atoms with Crippen LogP contribution in [0.5, 0.6) is 5.75 Å². The van der Waals surface area contributed by atoms with Crippen LogP contribution in [0.25, 0.3) is 0 Å². The number of phenols is 1. The van der Waals surface area contributed by atoms with Gasteiger partial charge in [-0.15, -0.1) is 0 Å². The van der Waals surface area contributed by atoms with Gasteiger partial charge < -0.3 is 10.0 Å². The molecule has 2 N–H and O–H groups in total. The van der Waals surface area contributed by atoms with Gasteiger partial charge in [-0.05, 0) is 30.7 Å². The van der Waals surface area contributed by atoms with Crippen molar-refractivity contribution >= 4 is 11.8 Å². The van der Waals surface area contributed by atoms with Crippen LogP contribution in [0, 0.1) is 0 Å². The summed E-state index contributed by atoms with van der Waals surface area (Å²) in [4.78, 5) is 3.58. The Hall–Kier alpha value is -1.45. The molecule has 0 saturated heterocycles. The lowest BCUT2D eigenvalue weighted by Gasteiger charge is -2.18. The predicted molar refractivity (Wildman–Crippen MR) is 84.6 cm³/mol. The molecule has 0 heterocycles. The summed E-state index contributed by atoms with van der Waals surface area (Å²) in [6.07, 6.45) is 1.04. The number of phenolic OH excluding ortho intramolecular Hbond substituents is 1. The van der Waals surface area contributed by atoms with Crippen molar-refractivity contribution in [1.29, 1.82) is 0 Å². The van der Waals surface area contributed by atoms with Crippen molar-refractivity contribution in [3.05, 3.63) is 54.1 Å². The summed E-state index contributed by atoms with van der Waals surface area (Å²) in [6, 6.07) is 16.5. The molecule has 2 nitrogen and oxygen atoms in total. The largest absolute Gasteiger partial charge is 0.507 e. The first-order valence-corrected chi connectivity index (χ1v) is 7.73. The van der Waals surface area contributed by atoms with Crippen LogP contribution in [0.15, 0.2) is 58.3 Å². The van der Waals surface area contributed by atoms with Crippen molar-refractivity contribution in [3.8, 4) is 5.75 Å². The van der Waals surface area contributed by atoms with Crippen LogP contribution in [-0.2, 0) is 6.42 Å². The van der Waals surface area contributed by atoms with E-state index in [-0.39, 0.29) is 0 Å². The van der Waals surface area contributed by atoms with Crippen molar-refractivity contribution in [3.63, 3.8) is 0 Å². The molecule has 0 aliphatic heterocycles.